The largest absolute Gasteiger partial charge is 0.486 e. The first kappa shape index (κ1) is 10.1. The highest BCUT2D eigenvalue weighted by molar-refractivity contribution is 5.49. The Kier molecular flexibility index (Phi) is 2.92. The first-order valence-electron chi connectivity index (χ1n) is 5.05. The van der Waals surface area contributed by atoms with Crippen molar-refractivity contribution in [2.45, 2.75) is 6.04 Å². The molecule has 0 aliphatic carbocycles. The number of para-hydroxylation sites is 1. The van der Waals surface area contributed by atoms with E-state index in [1.165, 1.54) is 0 Å². The van der Waals surface area contributed by atoms with Crippen LogP contribution in [0, 0.1) is 0 Å². The van der Waals surface area contributed by atoms with Gasteiger partial charge in [0.1, 0.15) is 13.2 Å². The molecular formula is C12H15NO2. The predicted molar refractivity (Wildman–Crippen MR) is 59.4 cm³/mol. The molecule has 0 radical (unpaired) electrons. The Bertz CT molecular complexity index is 363. The maximum atomic E-state index is 5.63. The molecule has 0 amide bonds. The zero-order valence-electron chi connectivity index (χ0n) is 8.82. The highest BCUT2D eigenvalue weighted by atomic mass is 16.6. The van der Waals surface area contributed by atoms with Crippen LogP contribution in [0.1, 0.15) is 11.6 Å². The third-order valence-electron chi connectivity index (χ3n) is 2.48. The average Bonchev–Trinajstić information content (AvgIpc) is 2.31. The third kappa shape index (κ3) is 1.83. The molecule has 0 fully saturated rings. The van der Waals surface area contributed by atoms with Crippen molar-refractivity contribution in [2.75, 3.05) is 20.3 Å². The fourth-order valence-electron chi connectivity index (χ4n) is 1.74. The molecule has 1 atom stereocenters. The molecule has 1 aliphatic rings. The molecule has 0 saturated carbocycles. The number of ether oxygens (including phenoxy) is 2. The van der Waals surface area contributed by atoms with Crippen LogP contribution in [0.25, 0.3) is 0 Å². The molecule has 0 aromatic heterocycles. The SMILES string of the molecule is C=CC(NC)c1cccc2c1OCCO2. The molecule has 15 heavy (non-hydrogen) atoms. The van der Waals surface area contributed by atoms with E-state index in [9.17, 15) is 0 Å². The van der Waals surface area contributed by atoms with Gasteiger partial charge in [0.15, 0.2) is 11.5 Å². The zero-order valence-corrected chi connectivity index (χ0v) is 8.82. The van der Waals surface area contributed by atoms with Crippen LogP contribution < -0.4 is 14.8 Å². The summed E-state index contributed by atoms with van der Waals surface area (Å²) in [6.45, 7) is 5.03. The van der Waals surface area contributed by atoms with Crippen LogP contribution in [0.15, 0.2) is 30.9 Å². The summed E-state index contributed by atoms with van der Waals surface area (Å²) in [6.07, 6.45) is 1.85. The summed E-state index contributed by atoms with van der Waals surface area (Å²) in [5.74, 6) is 1.66. The Morgan fingerprint density at radius 3 is 2.93 bits per heavy atom. The summed E-state index contributed by atoms with van der Waals surface area (Å²) in [5, 5.41) is 3.16. The van der Waals surface area contributed by atoms with Gasteiger partial charge in [-0.25, -0.2) is 0 Å². The average molecular weight is 205 g/mol. The second-order valence-corrected chi connectivity index (χ2v) is 3.37. The monoisotopic (exact) mass is 205 g/mol. The van der Waals surface area contributed by atoms with Crippen LogP contribution in [0.5, 0.6) is 11.5 Å². The lowest BCUT2D eigenvalue weighted by molar-refractivity contribution is 0.169. The minimum atomic E-state index is 0.0987. The van der Waals surface area contributed by atoms with E-state index in [1.54, 1.807) is 0 Å². The molecule has 3 nitrogen and oxygen atoms in total. The molecule has 1 N–H and O–H groups in total. The molecule has 3 heteroatoms. The van der Waals surface area contributed by atoms with Crippen molar-refractivity contribution in [1.82, 2.24) is 5.32 Å². The van der Waals surface area contributed by atoms with Gasteiger partial charge in [0.2, 0.25) is 0 Å². The highest BCUT2D eigenvalue weighted by Gasteiger charge is 2.18. The molecule has 0 spiro atoms. The van der Waals surface area contributed by atoms with Gasteiger partial charge in [-0.1, -0.05) is 18.2 Å². The Hall–Kier alpha value is -1.48. The molecule has 1 unspecified atom stereocenters. The lowest BCUT2D eigenvalue weighted by Crippen LogP contribution is -2.20. The van der Waals surface area contributed by atoms with Crippen LogP contribution in [0.4, 0.5) is 0 Å². The fraction of sp³-hybridized carbons (Fsp3) is 0.333. The topological polar surface area (TPSA) is 30.5 Å². The lowest BCUT2D eigenvalue weighted by Gasteiger charge is -2.23. The number of hydrogen-bond acceptors (Lipinski definition) is 3. The zero-order chi connectivity index (χ0) is 10.7. The number of fused-ring (bicyclic) bond motifs is 1. The maximum Gasteiger partial charge on any atom is 0.166 e. The molecule has 1 aliphatic heterocycles. The summed E-state index contributed by atoms with van der Waals surface area (Å²) in [6, 6.07) is 6.02. The van der Waals surface area contributed by atoms with Gasteiger partial charge in [-0.3, -0.25) is 0 Å². The molecule has 0 bridgehead atoms. The molecule has 2 rings (SSSR count). The van der Waals surface area contributed by atoms with E-state index in [-0.39, 0.29) is 6.04 Å². The second-order valence-electron chi connectivity index (χ2n) is 3.37. The fourth-order valence-corrected chi connectivity index (χ4v) is 1.74. The van der Waals surface area contributed by atoms with Crippen LogP contribution in [-0.4, -0.2) is 20.3 Å². The van der Waals surface area contributed by atoms with E-state index in [2.05, 4.69) is 11.9 Å². The number of likely N-dealkylation sites (N-methyl/N-ethyl adjacent to an activating group) is 1. The standard InChI is InChI=1S/C12H15NO2/c1-3-10(13-2)9-5-4-6-11-12(9)15-8-7-14-11/h3-6,10,13H,1,7-8H2,2H3. The second kappa shape index (κ2) is 4.36. The molecule has 1 aromatic rings. The van der Waals surface area contributed by atoms with Gasteiger partial charge >= 0.3 is 0 Å². The van der Waals surface area contributed by atoms with Crippen LogP contribution in [0.2, 0.25) is 0 Å². The van der Waals surface area contributed by atoms with Crippen molar-refractivity contribution in [2.24, 2.45) is 0 Å². The first-order valence-corrected chi connectivity index (χ1v) is 5.05. The normalized spacial score (nSPS) is 15.8. The van der Waals surface area contributed by atoms with Crippen molar-refractivity contribution >= 4 is 0 Å². The number of benzene rings is 1. The van der Waals surface area contributed by atoms with Gasteiger partial charge in [0.05, 0.1) is 6.04 Å². The van der Waals surface area contributed by atoms with E-state index in [0.29, 0.717) is 13.2 Å². The lowest BCUT2D eigenvalue weighted by atomic mass is 10.1. The van der Waals surface area contributed by atoms with Crippen molar-refractivity contribution in [1.29, 1.82) is 0 Å². The minimum Gasteiger partial charge on any atom is -0.486 e. The van der Waals surface area contributed by atoms with Crippen molar-refractivity contribution in [3.05, 3.63) is 36.4 Å². The predicted octanol–water partition coefficient (Wildman–Crippen LogP) is 1.90. The quantitative estimate of drug-likeness (QED) is 0.764. The van der Waals surface area contributed by atoms with Gasteiger partial charge in [0, 0.05) is 5.56 Å². The summed E-state index contributed by atoms with van der Waals surface area (Å²) >= 11 is 0. The third-order valence-corrected chi connectivity index (χ3v) is 2.48. The van der Waals surface area contributed by atoms with Crippen LogP contribution in [-0.2, 0) is 0 Å². The Morgan fingerprint density at radius 2 is 2.20 bits per heavy atom. The van der Waals surface area contributed by atoms with Crippen LogP contribution in [0.3, 0.4) is 0 Å². The summed E-state index contributed by atoms with van der Waals surface area (Å²) in [4.78, 5) is 0. The number of hydrogen-bond donors (Lipinski definition) is 1. The molecule has 1 aromatic carbocycles. The molecule has 1 heterocycles. The van der Waals surface area contributed by atoms with E-state index in [0.717, 1.165) is 17.1 Å². The minimum absolute atomic E-state index is 0.0987. The Labute approximate surface area is 89.7 Å². The van der Waals surface area contributed by atoms with Gasteiger partial charge in [-0.2, -0.15) is 0 Å². The summed E-state index contributed by atoms with van der Waals surface area (Å²) in [5.41, 5.74) is 1.07. The van der Waals surface area contributed by atoms with E-state index >= 15 is 0 Å². The van der Waals surface area contributed by atoms with Gasteiger partial charge in [0.25, 0.3) is 0 Å². The Morgan fingerprint density at radius 1 is 1.40 bits per heavy atom. The van der Waals surface area contributed by atoms with E-state index in [1.807, 2.05) is 31.3 Å². The van der Waals surface area contributed by atoms with E-state index in [4.69, 9.17) is 9.47 Å². The summed E-state index contributed by atoms with van der Waals surface area (Å²) < 4.78 is 11.1. The molecule has 80 valence electrons. The first-order chi connectivity index (χ1) is 7.36. The number of rotatable bonds is 3. The summed E-state index contributed by atoms with van der Waals surface area (Å²) in [7, 11) is 1.90. The van der Waals surface area contributed by atoms with Crippen molar-refractivity contribution in [3.63, 3.8) is 0 Å². The van der Waals surface area contributed by atoms with Gasteiger partial charge in [-0.05, 0) is 13.1 Å². The highest BCUT2D eigenvalue weighted by Crippen LogP contribution is 2.36. The van der Waals surface area contributed by atoms with Crippen LogP contribution >= 0.6 is 0 Å². The van der Waals surface area contributed by atoms with Crippen molar-refractivity contribution in [3.8, 4) is 11.5 Å². The Balaban J connectivity index is 2.42. The van der Waals surface area contributed by atoms with E-state index < -0.39 is 0 Å². The number of nitrogens with one attached hydrogen (secondary N) is 1. The van der Waals surface area contributed by atoms with Gasteiger partial charge in [-0.15, -0.1) is 6.58 Å². The smallest absolute Gasteiger partial charge is 0.166 e. The van der Waals surface area contributed by atoms with Gasteiger partial charge < -0.3 is 14.8 Å². The molecule has 0 saturated heterocycles. The molecular weight excluding hydrogens is 190 g/mol. The van der Waals surface area contributed by atoms with Crippen molar-refractivity contribution < 1.29 is 9.47 Å². The maximum absolute atomic E-state index is 5.63.